The van der Waals surface area contributed by atoms with Crippen LogP contribution in [0.25, 0.3) is 11.1 Å². The van der Waals surface area contributed by atoms with Crippen molar-refractivity contribution in [2.75, 3.05) is 18.0 Å². The molecule has 0 radical (unpaired) electrons. The number of rotatable bonds is 2. The molecular weight excluding hydrogens is 248 g/mol. The molecule has 1 atom stereocenters. The highest BCUT2D eigenvalue weighted by molar-refractivity contribution is 5.66. The molecule has 4 nitrogen and oxygen atoms in total. The zero-order valence-corrected chi connectivity index (χ0v) is 12.0. The van der Waals surface area contributed by atoms with Crippen LogP contribution >= 0.6 is 0 Å². The van der Waals surface area contributed by atoms with Crippen LogP contribution in [0.3, 0.4) is 0 Å². The zero-order valence-electron chi connectivity index (χ0n) is 12.0. The molecule has 1 unspecified atom stereocenters. The number of aromatic nitrogens is 2. The molecule has 1 aromatic carbocycles. The fourth-order valence-electron chi connectivity index (χ4n) is 2.73. The average Bonchev–Trinajstić information content (AvgIpc) is 2.86. The van der Waals surface area contributed by atoms with Crippen LogP contribution in [0.1, 0.15) is 17.5 Å². The number of aryl methyl sites for hydroxylation is 2. The van der Waals surface area contributed by atoms with Gasteiger partial charge in [-0.15, -0.1) is 0 Å². The molecule has 4 heteroatoms. The predicted octanol–water partition coefficient (Wildman–Crippen LogP) is 2.30. The van der Waals surface area contributed by atoms with Gasteiger partial charge in [0.25, 0.3) is 0 Å². The summed E-state index contributed by atoms with van der Waals surface area (Å²) >= 11 is 0. The van der Waals surface area contributed by atoms with Crippen LogP contribution in [0.4, 0.5) is 5.95 Å². The SMILES string of the molecule is Cc1ccc(-c2cnc(N3CCC(N)C3)nc2)c(C)c1. The highest BCUT2D eigenvalue weighted by Gasteiger charge is 2.21. The van der Waals surface area contributed by atoms with Gasteiger partial charge in [-0.3, -0.25) is 0 Å². The number of hydrogen-bond acceptors (Lipinski definition) is 4. The first-order valence-electron chi connectivity index (χ1n) is 7.03. The molecule has 0 saturated carbocycles. The Morgan fingerprint density at radius 2 is 1.95 bits per heavy atom. The van der Waals surface area contributed by atoms with Gasteiger partial charge in [-0.05, 0) is 31.4 Å². The van der Waals surface area contributed by atoms with Crippen LogP contribution in [0.15, 0.2) is 30.6 Å². The molecule has 104 valence electrons. The van der Waals surface area contributed by atoms with Crippen molar-refractivity contribution in [1.82, 2.24) is 9.97 Å². The Balaban J connectivity index is 1.85. The summed E-state index contributed by atoms with van der Waals surface area (Å²) in [5, 5.41) is 0. The van der Waals surface area contributed by atoms with Crippen molar-refractivity contribution in [2.45, 2.75) is 26.3 Å². The molecule has 2 N–H and O–H groups in total. The normalized spacial score (nSPS) is 18.6. The summed E-state index contributed by atoms with van der Waals surface area (Å²) in [6.07, 6.45) is 4.83. The Bertz CT molecular complexity index is 606. The van der Waals surface area contributed by atoms with Gasteiger partial charge in [0.05, 0.1) is 0 Å². The van der Waals surface area contributed by atoms with Gasteiger partial charge in [0.15, 0.2) is 0 Å². The van der Waals surface area contributed by atoms with Crippen molar-refractivity contribution in [2.24, 2.45) is 5.73 Å². The van der Waals surface area contributed by atoms with Crippen LogP contribution in [0.5, 0.6) is 0 Å². The molecule has 0 aliphatic carbocycles. The van der Waals surface area contributed by atoms with Crippen molar-refractivity contribution >= 4 is 5.95 Å². The first-order valence-corrected chi connectivity index (χ1v) is 7.03. The summed E-state index contributed by atoms with van der Waals surface area (Å²) in [4.78, 5) is 11.1. The second kappa shape index (κ2) is 5.21. The molecule has 0 amide bonds. The Kier molecular flexibility index (Phi) is 3.40. The monoisotopic (exact) mass is 268 g/mol. The van der Waals surface area contributed by atoms with E-state index in [1.165, 1.54) is 16.7 Å². The van der Waals surface area contributed by atoms with Gasteiger partial charge in [-0.25, -0.2) is 9.97 Å². The molecule has 3 rings (SSSR count). The third-order valence-electron chi connectivity index (χ3n) is 3.84. The highest BCUT2D eigenvalue weighted by Crippen LogP contribution is 2.24. The Labute approximate surface area is 119 Å². The molecule has 1 aromatic heterocycles. The summed E-state index contributed by atoms with van der Waals surface area (Å²) < 4.78 is 0. The molecular formula is C16H20N4. The van der Waals surface area contributed by atoms with E-state index in [9.17, 15) is 0 Å². The first-order chi connectivity index (χ1) is 9.63. The maximum atomic E-state index is 5.92. The Morgan fingerprint density at radius 1 is 1.20 bits per heavy atom. The lowest BCUT2D eigenvalue weighted by atomic mass is 10.0. The van der Waals surface area contributed by atoms with Gasteiger partial charge >= 0.3 is 0 Å². The standard InChI is InChI=1S/C16H20N4/c1-11-3-4-15(12(2)7-11)13-8-18-16(19-9-13)20-6-5-14(17)10-20/h3-4,7-9,14H,5-6,10,17H2,1-2H3. The fourth-order valence-corrected chi connectivity index (χ4v) is 2.73. The second-order valence-electron chi connectivity index (χ2n) is 5.58. The minimum Gasteiger partial charge on any atom is -0.339 e. The van der Waals surface area contributed by atoms with Crippen molar-refractivity contribution in [3.05, 3.63) is 41.7 Å². The topological polar surface area (TPSA) is 55.0 Å². The molecule has 1 saturated heterocycles. The van der Waals surface area contributed by atoms with Gasteiger partial charge in [0.2, 0.25) is 5.95 Å². The van der Waals surface area contributed by atoms with Gasteiger partial charge in [-0.2, -0.15) is 0 Å². The second-order valence-corrected chi connectivity index (χ2v) is 5.58. The van der Waals surface area contributed by atoms with E-state index in [-0.39, 0.29) is 6.04 Å². The molecule has 0 spiro atoms. The number of nitrogens with two attached hydrogens (primary N) is 1. The fraction of sp³-hybridized carbons (Fsp3) is 0.375. The summed E-state index contributed by atoms with van der Waals surface area (Å²) in [5.41, 5.74) is 10.7. The van der Waals surface area contributed by atoms with E-state index in [4.69, 9.17) is 5.73 Å². The van der Waals surface area contributed by atoms with Crippen molar-refractivity contribution in [3.63, 3.8) is 0 Å². The number of nitrogens with zero attached hydrogens (tertiary/aromatic N) is 3. The summed E-state index contributed by atoms with van der Waals surface area (Å²) in [6, 6.07) is 6.69. The van der Waals surface area contributed by atoms with E-state index in [2.05, 4.69) is 46.9 Å². The predicted molar refractivity (Wildman–Crippen MR) is 81.7 cm³/mol. The van der Waals surface area contributed by atoms with Crippen LogP contribution in [0.2, 0.25) is 0 Å². The summed E-state index contributed by atoms with van der Waals surface area (Å²) in [5.74, 6) is 0.784. The van der Waals surface area contributed by atoms with E-state index in [1.54, 1.807) is 0 Å². The van der Waals surface area contributed by atoms with Crippen molar-refractivity contribution < 1.29 is 0 Å². The zero-order chi connectivity index (χ0) is 14.1. The molecule has 2 heterocycles. The maximum Gasteiger partial charge on any atom is 0.225 e. The van der Waals surface area contributed by atoms with E-state index >= 15 is 0 Å². The van der Waals surface area contributed by atoms with Crippen LogP contribution < -0.4 is 10.6 Å². The lowest BCUT2D eigenvalue weighted by Crippen LogP contribution is -2.27. The molecule has 0 bridgehead atoms. The Morgan fingerprint density at radius 3 is 2.55 bits per heavy atom. The van der Waals surface area contributed by atoms with E-state index in [0.29, 0.717) is 0 Å². The molecule has 2 aromatic rings. The number of benzene rings is 1. The molecule has 1 aliphatic rings. The van der Waals surface area contributed by atoms with Crippen LogP contribution in [0, 0.1) is 13.8 Å². The quantitative estimate of drug-likeness (QED) is 0.908. The van der Waals surface area contributed by atoms with Crippen molar-refractivity contribution in [3.8, 4) is 11.1 Å². The summed E-state index contributed by atoms with van der Waals surface area (Å²) in [6.45, 7) is 6.02. The third kappa shape index (κ3) is 2.51. The molecule has 1 fully saturated rings. The van der Waals surface area contributed by atoms with Crippen LogP contribution in [-0.2, 0) is 0 Å². The van der Waals surface area contributed by atoms with Gasteiger partial charge < -0.3 is 10.6 Å². The smallest absolute Gasteiger partial charge is 0.225 e. The average molecular weight is 268 g/mol. The Hall–Kier alpha value is -1.94. The number of anilines is 1. The molecule has 20 heavy (non-hydrogen) atoms. The van der Waals surface area contributed by atoms with Gasteiger partial charge in [0.1, 0.15) is 0 Å². The number of hydrogen-bond donors (Lipinski definition) is 1. The minimum atomic E-state index is 0.248. The minimum absolute atomic E-state index is 0.248. The van der Waals surface area contributed by atoms with E-state index in [1.807, 2.05) is 12.4 Å². The largest absolute Gasteiger partial charge is 0.339 e. The maximum absolute atomic E-state index is 5.92. The van der Waals surface area contributed by atoms with Crippen molar-refractivity contribution in [1.29, 1.82) is 0 Å². The highest BCUT2D eigenvalue weighted by atomic mass is 15.3. The lowest BCUT2D eigenvalue weighted by molar-refractivity contribution is 0.750. The summed E-state index contributed by atoms with van der Waals surface area (Å²) in [7, 11) is 0. The lowest BCUT2D eigenvalue weighted by Gasteiger charge is -2.15. The molecule has 1 aliphatic heterocycles. The third-order valence-corrected chi connectivity index (χ3v) is 3.84. The van der Waals surface area contributed by atoms with Gasteiger partial charge in [-0.1, -0.05) is 23.8 Å². The van der Waals surface area contributed by atoms with E-state index in [0.717, 1.165) is 31.0 Å². The van der Waals surface area contributed by atoms with Crippen LogP contribution in [-0.4, -0.2) is 29.1 Å². The first kappa shape index (κ1) is 13.1. The van der Waals surface area contributed by atoms with E-state index < -0.39 is 0 Å². The van der Waals surface area contributed by atoms with Gasteiger partial charge in [0, 0.05) is 37.1 Å².